The van der Waals surface area contributed by atoms with Gasteiger partial charge in [-0.3, -0.25) is 0 Å². The summed E-state index contributed by atoms with van der Waals surface area (Å²) in [6.45, 7) is 2.34. The molecule has 0 atom stereocenters. The molecule has 1 heterocycles. The third-order valence-corrected chi connectivity index (χ3v) is 4.74. The van der Waals surface area contributed by atoms with Crippen molar-refractivity contribution in [3.8, 4) is 6.07 Å². The van der Waals surface area contributed by atoms with Gasteiger partial charge >= 0.3 is 0 Å². The average Bonchev–Trinajstić information content (AvgIpc) is 2.82. The molecule has 2 aliphatic rings. The van der Waals surface area contributed by atoms with E-state index in [2.05, 4.69) is 16.7 Å². The number of nitrogens with zero attached hydrogens (tertiary/aromatic N) is 1. The molecular weight excluding hydrogens is 258 g/mol. The fraction of sp³-hybridized carbons (Fsp3) is 0.533. The Bertz CT molecular complexity index is 507. The van der Waals surface area contributed by atoms with Crippen molar-refractivity contribution in [1.82, 2.24) is 5.32 Å². The Hall–Kier alpha value is -1.24. The molecule has 1 spiro atoms. The van der Waals surface area contributed by atoms with Gasteiger partial charge in [0.15, 0.2) is 0 Å². The van der Waals surface area contributed by atoms with E-state index < -0.39 is 0 Å². The largest absolute Gasteiger partial charge is 0.382 e. The molecule has 3 rings (SSSR count). The normalized spacial score (nSPS) is 28.9. The van der Waals surface area contributed by atoms with Crippen molar-refractivity contribution >= 4 is 17.3 Å². The van der Waals surface area contributed by atoms with Crippen LogP contribution in [0.5, 0.6) is 0 Å². The van der Waals surface area contributed by atoms with Gasteiger partial charge in [0.2, 0.25) is 0 Å². The Morgan fingerprint density at radius 3 is 2.95 bits per heavy atom. The van der Waals surface area contributed by atoms with E-state index >= 15 is 0 Å². The maximum atomic E-state index is 8.69. The standard InChI is InChI=1S/C15H18ClN3/c16-14-7-12(2-1-11(14)3-5-17)19-13-8-15(9-13)4-6-18-10-15/h1-2,7,13,18-19H,3-4,6,8-10H2. The van der Waals surface area contributed by atoms with E-state index in [0.29, 0.717) is 22.9 Å². The molecule has 1 aromatic rings. The molecule has 3 nitrogen and oxygen atoms in total. The molecule has 4 heteroatoms. The Morgan fingerprint density at radius 2 is 2.32 bits per heavy atom. The van der Waals surface area contributed by atoms with Crippen molar-refractivity contribution in [2.24, 2.45) is 5.41 Å². The van der Waals surface area contributed by atoms with Crippen LogP contribution in [0, 0.1) is 16.7 Å². The summed E-state index contributed by atoms with van der Waals surface area (Å²) in [6, 6.07) is 8.60. The van der Waals surface area contributed by atoms with Gasteiger partial charge in [0, 0.05) is 23.3 Å². The number of hydrogen-bond acceptors (Lipinski definition) is 3. The molecule has 0 unspecified atom stereocenters. The maximum absolute atomic E-state index is 8.69. The highest BCUT2D eigenvalue weighted by molar-refractivity contribution is 6.31. The topological polar surface area (TPSA) is 47.9 Å². The molecule has 1 saturated heterocycles. The minimum atomic E-state index is 0.372. The summed E-state index contributed by atoms with van der Waals surface area (Å²) in [5.41, 5.74) is 2.53. The lowest BCUT2D eigenvalue weighted by Gasteiger charge is -2.45. The SMILES string of the molecule is N#CCc1ccc(NC2CC3(CCNC3)C2)cc1Cl. The minimum absolute atomic E-state index is 0.372. The van der Waals surface area contributed by atoms with Crippen molar-refractivity contribution in [2.45, 2.75) is 31.7 Å². The van der Waals surface area contributed by atoms with Gasteiger partial charge in [-0.15, -0.1) is 0 Å². The number of rotatable bonds is 3. The van der Waals surface area contributed by atoms with Gasteiger partial charge < -0.3 is 10.6 Å². The van der Waals surface area contributed by atoms with Crippen LogP contribution in [0.2, 0.25) is 5.02 Å². The molecule has 1 aliphatic heterocycles. The number of nitriles is 1. The van der Waals surface area contributed by atoms with Gasteiger partial charge in [0.25, 0.3) is 0 Å². The molecule has 0 bridgehead atoms. The van der Waals surface area contributed by atoms with Gasteiger partial charge in [0.05, 0.1) is 12.5 Å². The van der Waals surface area contributed by atoms with Gasteiger partial charge in [-0.05, 0) is 48.9 Å². The van der Waals surface area contributed by atoms with Crippen LogP contribution in [0.15, 0.2) is 18.2 Å². The van der Waals surface area contributed by atoms with Gasteiger partial charge in [-0.2, -0.15) is 5.26 Å². The van der Waals surface area contributed by atoms with E-state index in [-0.39, 0.29) is 0 Å². The number of halogens is 1. The van der Waals surface area contributed by atoms with Crippen LogP contribution < -0.4 is 10.6 Å². The summed E-state index contributed by atoms with van der Waals surface area (Å²) >= 11 is 6.17. The van der Waals surface area contributed by atoms with E-state index in [1.165, 1.54) is 32.4 Å². The lowest BCUT2D eigenvalue weighted by Crippen LogP contribution is -2.46. The first kappa shape index (κ1) is 12.8. The highest BCUT2D eigenvalue weighted by Gasteiger charge is 2.45. The van der Waals surface area contributed by atoms with Gasteiger partial charge in [0.1, 0.15) is 0 Å². The van der Waals surface area contributed by atoms with Gasteiger partial charge in [-0.1, -0.05) is 17.7 Å². The zero-order valence-corrected chi connectivity index (χ0v) is 11.6. The molecule has 100 valence electrons. The van der Waals surface area contributed by atoms with Crippen LogP contribution in [-0.4, -0.2) is 19.1 Å². The molecule has 0 amide bonds. The molecule has 19 heavy (non-hydrogen) atoms. The Kier molecular flexibility index (Phi) is 3.38. The molecular formula is C15H18ClN3. The Balaban J connectivity index is 1.59. The monoisotopic (exact) mass is 275 g/mol. The van der Waals surface area contributed by atoms with Crippen molar-refractivity contribution in [2.75, 3.05) is 18.4 Å². The van der Waals surface area contributed by atoms with Crippen LogP contribution in [0.3, 0.4) is 0 Å². The van der Waals surface area contributed by atoms with E-state index in [4.69, 9.17) is 16.9 Å². The summed E-state index contributed by atoms with van der Waals surface area (Å²) in [5.74, 6) is 0. The van der Waals surface area contributed by atoms with Gasteiger partial charge in [-0.25, -0.2) is 0 Å². The molecule has 2 fully saturated rings. The first-order valence-corrected chi connectivity index (χ1v) is 7.21. The third kappa shape index (κ3) is 2.56. The highest BCUT2D eigenvalue weighted by atomic mass is 35.5. The lowest BCUT2D eigenvalue weighted by molar-refractivity contribution is 0.142. The van der Waals surface area contributed by atoms with E-state index in [1.54, 1.807) is 0 Å². The summed E-state index contributed by atoms with van der Waals surface area (Å²) in [4.78, 5) is 0. The summed E-state index contributed by atoms with van der Waals surface area (Å²) in [7, 11) is 0. The number of hydrogen-bond donors (Lipinski definition) is 2. The third-order valence-electron chi connectivity index (χ3n) is 4.38. The summed E-state index contributed by atoms with van der Waals surface area (Å²) < 4.78 is 0. The van der Waals surface area contributed by atoms with Crippen molar-refractivity contribution in [3.63, 3.8) is 0 Å². The number of nitrogens with one attached hydrogen (secondary N) is 2. The van der Waals surface area contributed by atoms with Crippen LogP contribution >= 0.6 is 11.6 Å². The van der Waals surface area contributed by atoms with Crippen LogP contribution in [-0.2, 0) is 6.42 Å². The Morgan fingerprint density at radius 1 is 1.47 bits per heavy atom. The second kappa shape index (κ2) is 5.03. The minimum Gasteiger partial charge on any atom is -0.382 e. The van der Waals surface area contributed by atoms with E-state index in [0.717, 1.165) is 11.3 Å². The molecule has 0 aromatic heterocycles. The highest BCUT2D eigenvalue weighted by Crippen LogP contribution is 2.46. The first-order valence-electron chi connectivity index (χ1n) is 6.83. The fourth-order valence-electron chi connectivity index (χ4n) is 3.33. The van der Waals surface area contributed by atoms with Crippen LogP contribution in [0.1, 0.15) is 24.8 Å². The van der Waals surface area contributed by atoms with E-state index in [1.807, 2.05) is 18.2 Å². The van der Waals surface area contributed by atoms with E-state index in [9.17, 15) is 0 Å². The molecule has 1 aliphatic carbocycles. The average molecular weight is 276 g/mol. The molecule has 1 aromatic carbocycles. The first-order chi connectivity index (χ1) is 9.21. The molecule has 2 N–H and O–H groups in total. The second-order valence-electron chi connectivity index (χ2n) is 5.82. The van der Waals surface area contributed by atoms with Crippen LogP contribution in [0.4, 0.5) is 5.69 Å². The lowest BCUT2D eigenvalue weighted by atomic mass is 9.65. The van der Waals surface area contributed by atoms with Crippen molar-refractivity contribution in [1.29, 1.82) is 5.26 Å². The van der Waals surface area contributed by atoms with Crippen LogP contribution in [0.25, 0.3) is 0 Å². The van der Waals surface area contributed by atoms with Crippen molar-refractivity contribution < 1.29 is 0 Å². The Labute approximate surface area is 118 Å². The second-order valence-corrected chi connectivity index (χ2v) is 6.22. The molecule has 1 saturated carbocycles. The summed E-state index contributed by atoms with van der Waals surface area (Å²) in [5, 5.41) is 16.4. The maximum Gasteiger partial charge on any atom is 0.0670 e. The van der Waals surface area contributed by atoms with Crippen molar-refractivity contribution in [3.05, 3.63) is 28.8 Å². The zero-order valence-electron chi connectivity index (χ0n) is 10.9. The summed E-state index contributed by atoms with van der Waals surface area (Å²) in [6.07, 6.45) is 4.18. The number of anilines is 1. The molecule has 0 radical (unpaired) electrons. The zero-order chi connectivity index (χ0) is 13.3. The predicted molar refractivity (Wildman–Crippen MR) is 77.3 cm³/mol. The number of benzene rings is 1. The fourth-order valence-corrected chi connectivity index (χ4v) is 3.58. The smallest absolute Gasteiger partial charge is 0.0670 e. The predicted octanol–water partition coefficient (Wildman–Crippen LogP) is 2.96. The quantitative estimate of drug-likeness (QED) is 0.892.